The van der Waals surface area contributed by atoms with Crippen LogP contribution in [0.3, 0.4) is 0 Å². The van der Waals surface area contributed by atoms with Gasteiger partial charge in [0, 0.05) is 24.8 Å². The van der Waals surface area contributed by atoms with Crippen LogP contribution in [-0.4, -0.2) is 22.0 Å². The lowest BCUT2D eigenvalue weighted by molar-refractivity contribution is 0.590. The molecule has 2 N–H and O–H groups in total. The van der Waals surface area contributed by atoms with Crippen LogP contribution in [0, 0.1) is 11.7 Å². The number of nitrogens with two attached hydrogens (primary N) is 1. The lowest BCUT2D eigenvalue weighted by Gasteiger charge is -2.18. The van der Waals surface area contributed by atoms with Gasteiger partial charge in [-0.1, -0.05) is 6.07 Å². The van der Waals surface area contributed by atoms with E-state index < -0.39 is 16.0 Å². The molecule has 2 aromatic rings. The van der Waals surface area contributed by atoms with Crippen molar-refractivity contribution < 1.29 is 12.8 Å². The second-order valence-corrected chi connectivity index (χ2v) is 8.27. The summed E-state index contributed by atoms with van der Waals surface area (Å²) in [4.78, 5) is 0. The normalized spacial score (nSPS) is 18.8. The van der Waals surface area contributed by atoms with E-state index in [2.05, 4.69) is 0 Å². The molecule has 1 aliphatic heterocycles. The zero-order valence-electron chi connectivity index (χ0n) is 13.2. The van der Waals surface area contributed by atoms with Gasteiger partial charge in [0.15, 0.2) is 0 Å². The van der Waals surface area contributed by atoms with Crippen molar-refractivity contribution in [3.05, 3.63) is 42.2 Å². The molecule has 0 spiro atoms. The number of nitrogens with zero attached hydrogens (tertiary/aromatic N) is 2. The van der Waals surface area contributed by atoms with Gasteiger partial charge in [0.05, 0.1) is 11.4 Å². The highest BCUT2D eigenvalue weighted by molar-refractivity contribution is 7.94. The van der Waals surface area contributed by atoms with E-state index in [1.807, 2.05) is 6.07 Å². The van der Waals surface area contributed by atoms with Crippen LogP contribution in [-0.2, 0) is 10.2 Å². The standard InChI is InChI=1S/C17H18FN3O2S/c1-20-17-8-12(14-6-5-13(18)9-15(14)19)4-7-16(17)21(24(20,22)23)10-11-2-3-11/h4-9,11H,2-3,10,19H2,1H3. The van der Waals surface area contributed by atoms with Crippen molar-refractivity contribution in [2.75, 3.05) is 27.9 Å². The third-order valence-electron chi connectivity index (χ3n) is 4.65. The monoisotopic (exact) mass is 347 g/mol. The molecule has 0 saturated heterocycles. The predicted molar refractivity (Wildman–Crippen MR) is 93.6 cm³/mol. The van der Waals surface area contributed by atoms with Gasteiger partial charge in [-0.05, 0) is 54.7 Å². The molecular formula is C17H18FN3O2S. The Morgan fingerprint density at radius 3 is 2.58 bits per heavy atom. The summed E-state index contributed by atoms with van der Waals surface area (Å²) in [7, 11) is -1.97. The first-order valence-corrected chi connectivity index (χ1v) is 9.23. The molecular weight excluding hydrogens is 329 g/mol. The summed E-state index contributed by atoms with van der Waals surface area (Å²) in [5.41, 5.74) is 8.99. The molecule has 1 heterocycles. The van der Waals surface area contributed by atoms with Crippen molar-refractivity contribution in [1.29, 1.82) is 0 Å². The molecule has 5 nitrogen and oxygen atoms in total. The highest BCUT2D eigenvalue weighted by Crippen LogP contribution is 2.45. The Balaban J connectivity index is 1.80. The first-order chi connectivity index (χ1) is 11.4. The van der Waals surface area contributed by atoms with Crippen molar-refractivity contribution in [3.8, 4) is 11.1 Å². The first-order valence-electron chi connectivity index (χ1n) is 7.84. The molecule has 1 fully saturated rings. The molecule has 1 aliphatic carbocycles. The van der Waals surface area contributed by atoms with Crippen molar-refractivity contribution in [2.24, 2.45) is 5.92 Å². The quantitative estimate of drug-likeness (QED) is 0.868. The predicted octanol–water partition coefficient (Wildman–Crippen LogP) is 2.99. The SMILES string of the molecule is CN1c2cc(-c3ccc(F)cc3N)ccc2N(CC2CC2)S1(=O)=O. The van der Waals surface area contributed by atoms with E-state index in [9.17, 15) is 12.8 Å². The van der Waals surface area contributed by atoms with E-state index in [1.54, 1.807) is 25.2 Å². The Morgan fingerprint density at radius 1 is 1.17 bits per heavy atom. The number of rotatable bonds is 3. The average Bonchev–Trinajstić information content (AvgIpc) is 3.32. The van der Waals surface area contributed by atoms with Gasteiger partial charge < -0.3 is 5.73 Å². The maximum absolute atomic E-state index is 13.3. The van der Waals surface area contributed by atoms with Gasteiger partial charge in [0.25, 0.3) is 0 Å². The van der Waals surface area contributed by atoms with Gasteiger partial charge in [0.2, 0.25) is 0 Å². The molecule has 0 aromatic heterocycles. The van der Waals surface area contributed by atoms with Crippen LogP contribution >= 0.6 is 0 Å². The summed E-state index contributed by atoms with van der Waals surface area (Å²) in [5, 5.41) is 0. The van der Waals surface area contributed by atoms with E-state index in [-0.39, 0.29) is 0 Å². The number of hydrogen-bond donors (Lipinski definition) is 1. The molecule has 0 atom stereocenters. The van der Waals surface area contributed by atoms with Gasteiger partial charge in [0.1, 0.15) is 5.82 Å². The van der Waals surface area contributed by atoms with Gasteiger partial charge in [-0.2, -0.15) is 8.42 Å². The number of nitrogen functional groups attached to an aromatic ring is 1. The summed E-state index contributed by atoms with van der Waals surface area (Å²) in [5.74, 6) is 0.0549. The second-order valence-electron chi connectivity index (χ2n) is 6.38. The summed E-state index contributed by atoms with van der Waals surface area (Å²) in [6.07, 6.45) is 2.16. The molecule has 126 valence electrons. The van der Waals surface area contributed by atoms with Crippen molar-refractivity contribution >= 4 is 27.3 Å². The maximum atomic E-state index is 13.3. The summed E-state index contributed by atoms with van der Waals surface area (Å²) in [6, 6.07) is 9.65. The van der Waals surface area contributed by atoms with E-state index in [0.717, 1.165) is 18.4 Å². The number of halogens is 1. The average molecular weight is 347 g/mol. The Bertz CT molecular complexity index is 925. The van der Waals surface area contributed by atoms with Gasteiger partial charge in [-0.3, -0.25) is 8.61 Å². The zero-order valence-corrected chi connectivity index (χ0v) is 14.1. The fourth-order valence-corrected chi connectivity index (χ4v) is 4.57. The van der Waals surface area contributed by atoms with E-state index >= 15 is 0 Å². The van der Waals surface area contributed by atoms with Crippen molar-refractivity contribution in [2.45, 2.75) is 12.8 Å². The molecule has 0 radical (unpaired) electrons. The van der Waals surface area contributed by atoms with Crippen LogP contribution in [0.5, 0.6) is 0 Å². The topological polar surface area (TPSA) is 66.6 Å². The molecule has 4 rings (SSSR count). The molecule has 2 aromatic carbocycles. The zero-order chi connectivity index (χ0) is 17.1. The van der Waals surface area contributed by atoms with Crippen LogP contribution < -0.4 is 14.3 Å². The minimum absolute atomic E-state index is 0.327. The fraction of sp³-hybridized carbons (Fsp3) is 0.294. The summed E-state index contributed by atoms with van der Waals surface area (Å²) >= 11 is 0. The molecule has 0 unspecified atom stereocenters. The van der Waals surface area contributed by atoms with Gasteiger partial charge in [-0.15, -0.1) is 0 Å². The Labute approximate surface area is 140 Å². The molecule has 1 saturated carbocycles. The van der Waals surface area contributed by atoms with E-state index in [4.69, 9.17) is 5.73 Å². The van der Waals surface area contributed by atoms with Crippen molar-refractivity contribution in [3.63, 3.8) is 0 Å². The minimum atomic E-state index is -3.52. The summed E-state index contributed by atoms with van der Waals surface area (Å²) < 4.78 is 41.3. The number of benzene rings is 2. The van der Waals surface area contributed by atoms with E-state index in [0.29, 0.717) is 35.1 Å². The number of fused-ring (bicyclic) bond motifs is 1. The highest BCUT2D eigenvalue weighted by atomic mass is 32.2. The molecule has 0 bridgehead atoms. The van der Waals surface area contributed by atoms with Crippen molar-refractivity contribution in [1.82, 2.24) is 0 Å². The minimum Gasteiger partial charge on any atom is -0.398 e. The molecule has 2 aliphatic rings. The molecule has 24 heavy (non-hydrogen) atoms. The van der Waals surface area contributed by atoms with Crippen LogP contribution in [0.4, 0.5) is 21.5 Å². The van der Waals surface area contributed by atoms with Crippen LogP contribution in [0.15, 0.2) is 36.4 Å². The van der Waals surface area contributed by atoms with Gasteiger partial charge >= 0.3 is 10.2 Å². The third-order valence-corrected chi connectivity index (χ3v) is 6.45. The number of anilines is 3. The number of hydrogen-bond acceptors (Lipinski definition) is 3. The Morgan fingerprint density at radius 2 is 1.92 bits per heavy atom. The Kier molecular flexibility index (Phi) is 3.25. The lowest BCUT2D eigenvalue weighted by Crippen LogP contribution is -2.36. The fourth-order valence-electron chi connectivity index (χ4n) is 3.07. The molecule has 7 heteroatoms. The van der Waals surface area contributed by atoms with E-state index in [1.165, 1.54) is 20.7 Å². The van der Waals surface area contributed by atoms with Crippen LogP contribution in [0.2, 0.25) is 0 Å². The largest absolute Gasteiger partial charge is 0.398 e. The van der Waals surface area contributed by atoms with Crippen LogP contribution in [0.1, 0.15) is 12.8 Å². The first kappa shape index (κ1) is 15.3. The Hall–Kier alpha value is -2.28. The summed E-state index contributed by atoms with van der Waals surface area (Å²) in [6.45, 7) is 0.526. The maximum Gasteiger partial charge on any atom is 0.326 e. The van der Waals surface area contributed by atoms with Crippen LogP contribution in [0.25, 0.3) is 11.1 Å². The smallest absolute Gasteiger partial charge is 0.326 e. The van der Waals surface area contributed by atoms with Gasteiger partial charge in [-0.25, -0.2) is 4.39 Å². The highest BCUT2D eigenvalue weighted by Gasteiger charge is 2.40. The lowest BCUT2D eigenvalue weighted by atomic mass is 10.0. The second kappa shape index (κ2) is 5.11. The third kappa shape index (κ3) is 2.31. The molecule has 0 amide bonds.